The number of halogens is 1. The number of imidazole rings is 1. The molecule has 1 fully saturated rings. The Bertz CT molecular complexity index is 1420. The summed E-state index contributed by atoms with van der Waals surface area (Å²) in [5, 5.41) is 11.1. The van der Waals surface area contributed by atoms with E-state index >= 15 is 0 Å². The van der Waals surface area contributed by atoms with E-state index in [9.17, 15) is 9.18 Å². The minimum Gasteiger partial charge on any atom is -0.488 e. The van der Waals surface area contributed by atoms with E-state index in [1.165, 1.54) is 6.07 Å². The second-order valence-corrected chi connectivity index (χ2v) is 8.96. The standard InChI is InChI=1S/C25H23FN6O2/c1-14-8-19(26)18(9-22(14)31-10-21(27-12-31)16-6-7-16)25(33)29-20-5-3-4-17-23(20)34-11-15(2)32-13-28-30-24(17)32/h3-5,8-10,12-13,15-16H,6-7,11H2,1-2H3,(H,29,33)/t15-/m0/s1. The molecular formula is C25H23FN6O2. The zero-order chi connectivity index (χ0) is 23.4. The normalized spacial score (nSPS) is 16.9. The van der Waals surface area contributed by atoms with Gasteiger partial charge in [-0.2, -0.15) is 0 Å². The van der Waals surface area contributed by atoms with E-state index in [-0.39, 0.29) is 11.6 Å². The lowest BCUT2D eigenvalue weighted by molar-refractivity contribution is 0.102. The van der Waals surface area contributed by atoms with Crippen LogP contribution >= 0.6 is 0 Å². The number of fused-ring (bicyclic) bond motifs is 3. The number of carbonyl (C=O) groups is 1. The molecule has 172 valence electrons. The summed E-state index contributed by atoms with van der Waals surface area (Å²) in [7, 11) is 0. The monoisotopic (exact) mass is 458 g/mol. The summed E-state index contributed by atoms with van der Waals surface area (Å²) in [6.45, 7) is 4.21. The first-order chi connectivity index (χ1) is 16.5. The van der Waals surface area contributed by atoms with Gasteiger partial charge in [0, 0.05) is 12.1 Å². The molecular weight excluding hydrogens is 435 g/mol. The fraction of sp³-hybridized carbons (Fsp3) is 0.280. The van der Waals surface area contributed by atoms with Gasteiger partial charge in [0.05, 0.1) is 40.6 Å². The molecule has 34 heavy (non-hydrogen) atoms. The molecule has 3 heterocycles. The summed E-state index contributed by atoms with van der Waals surface area (Å²) in [5.74, 6) is 0.513. The van der Waals surface area contributed by atoms with Gasteiger partial charge in [0.1, 0.15) is 18.8 Å². The minimum atomic E-state index is -0.586. The Morgan fingerprint density at radius 1 is 1.24 bits per heavy atom. The van der Waals surface area contributed by atoms with Crippen molar-refractivity contribution in [3.63, 3.8) is 0 Å². The molecule has 2 aromatic heterocycles. The lowest BCUT2D eigenvalue weighted by atomic mass is 10.1. The number of nitrogens with one attached hydrogen (secondary N) is 1. The number of anilines is 1. The van der Waals surface area contributed by atoms with Gasteiger partial charge in [-0.3, -0.25) is 4.79 Å². The molecule has 0 saturated heterocycles. The number of aryl methyl sites for hydroxylation is 1. The molecule has 9 heteroatoms. The summed E-state index contributed by atoms with van der Waals surface area (Å²) < 4.78 is 24.7. The molecule has 1 aliphatic carbocycles. The number of amides is 1. The van der Waals surface area contributed by atoms with Crippen LogP contribution in [0.2, 0.25) is 0 Å². The molecule has 0 spiro atoms. The Hall–Kier alpha value is -4.01. The van der Waals surface area contributed by atoms with E-state index in [0.29, 0.717) is 29.8 Å². The molecule has 2 aliphatic rings. The maximum absolute atomic E-state index is 14.9. The Balaban J connectivity index is 1.34. The van der Waals surface area contributed by atoms with Crippen molar-refractivity contribution in [2.24, 2.45) is 0 Å². The third kappa shape index (κ3) is 3.44. The van der Waals surface area contributed by atoms with Gasteiger partial charge < -0.3 is 19.2 Å². The molecule has 4 aromatic rings. The van der Waals surface area contributed by atoms with Crippen LogP contribution in [0.25, 0.3) is 17.1 Å². The van der Waals surface area contributed by atoms with E-state index in [2.05, 4.69) is 20.5 Å². The first-order valence-corrected chi connectivity index (χ1v) is 11.3. The van der Waals surface area contributed by atoms with Crippen LogP contribution in [0.5, 0.6) is 5.75 Å². The van der Waals surface area contributed by atoms with Gasteiger partial charge in [-0.1, -0.05) is 6.07 Å². The van der Waals surface area contributed by atoms with E-state index in [1.807, 2.05) is 35.2 Å². The maximum atomic E-state index is 14.9. The molecule has 8 nitrogen and oxygen atoms in total. The van der Waals surface area contributed by atoms with Crippen LogP contribution in [0.3, 0.4) is 0 Å². The third-order valence-corrected chi connectivity index (χ3v) is 6.43. The molecule has 1 aliphatic heterocycles. The Morgan fingerprint density at radius 2 is 2.09 bits per heavy atom. The van der Waals surface area contributed by atoms with Crippen molar-refractivity contribution in [1.82, 2.24) is 24.3 Å². The van der Waals surface area contributed by atoms with Gasteiger partial charge in [0.15, 0.2) is 11.6 Å². The number of rotatable bonds is 4. The summed E-state index contributed by atoms with van der Waals surface area (Å²) >= 11 is 0. The molecule has 1 saturated carbocycles. The molecule has 0 bridgehead atoms. The number of hydrogen-bond acceptors (Lipinski definition) is 5. The van der Waals surface area contributed by atoms with Crippen LogP contribution in [0.4, 0.5) is 10.1 Å². The van der Waals surface area contributed by atoms with E-state index in [1.54, 1.807) is 30.9 Å². The Kier molecular flexibility index (Phi) is 4.72. The lowest BCUT2D eigenvalue weighted by Gasteiger charge is -2.15. The number of hydrogen-bond donors (Lipinski definition) is 1. The average Bonchev–Trinajstić information content (AvgIpc) is 3.38. The highest BCUT2D eigenvalue weighted by molar-refractivity contribution is 6.06. The quantitative estimate of drug-likeness (QED) is 0.481. The highest BCUT2D eigenvalue weighted by Gasteiger charge is 2.27. The average molecular weight is 458 g/mol. The van der Waals surface area contributed by atoms with Gasteiger partial charge in [-0.25, -0.2) is 9.37 Å². The third-order valence-electron chi connectivity index (χ3n) is 6.43. The van der Waals surface area contributed by atoms with Gasteiger partial charge in [0.2, 0.25) is 0 Å². The number of carbonyl (C=O) groups excluding carboxylic acids is 1. The predicted molar refractivity (Wildman–Crippen MR) is 124 cm³/mol. The van der Waals surface area contributed by atoms with Crippen molar-refractivity contribution in [2.45, 2.75) is 38.6 Å². The number of para-hydroxylation sites is 1. The number of nitrogens with zero attached hydrogens (tertiary/aromatic N) is 5. The van der Waals surface area contributed by atoms with Crippen molar-refractivity contribution in [3.05, 3.63) is 71.8 Å². The van der Waals surface area contributed by atoms with Crippen LogP contribution in [0.1, 0.15) is 53.3 Å². The Labute approximate surface area is 195 Å². The summed E-state index contributed by atoms with van der Waals surface area (Å²) in [6, 6.07) is 8.37. The first kappa shape index (κ1) is 20.6. The van der Waals surface area contributed by atoms with Crippen molar-refractivity contribution in [3.8, 4) is 22.8 Å². The van der Waals surface area contributed by atoms with Crippen LogP contribution in [0, 0.1) is 12.7 Å². The highest BCUT2D eigenvalue weighted by atomic mass is 19.1. The predicted octanol–water partition coefficient (Wildman–Crippen LogP) is 4.66. The van der Waals surface area contributed by atoms with Gasteiger partial charge in [-0.05, 0) is 56.5 Å². The van der Waals surface area contributed by atoms with Crippen molar-refractivity contribution < 1.29 is 13.9 Å². The largest absolute Gasteiger partial charge is 0.488 e. The van der Waals surface area contributed by atoms with Gasteiger partial charge >= 0.3 is 0 Å². The zero-order valence-corrected chi connectivity index (χ0v) is 18.8. The van der Waals surface area contributed by atoms with Gasteiger partial charge in [-0.15, -0.1) is 10.2 Å². The number of aromatic nitrogens is 5. The molecule has 6 rings (SSSR count). The summed E-state index contributed by atoms with van der Waals surface area (Å²) in [6.07, 6.45) is 7.63. The SMILES string of the molecule is Cc1cc(F)c(C(=O)Nc2cccc3c2OC[C@H](C)n2cnnc2-3)cc1-n1cnc(C2CC2)c1. The van der Waals surface area contributed by atoms with Gasteiger partial charge in [0.25, 0.3) is 5.91 Å². The van der Waals surface area contributed by atoms with E-state index in [0.717, 1.165) is 35.3 Å². The molecule has 2 aromatic carbocycles. The second kappa shape index (κ2) is 7.79. The van der Waals surface area contributed by atoms with E-state index < -0.39 is 11.7 Å². The minimum absolute atomic E-state index is 0.0220. The first-order valence-electron chi connectivity index (χ1n) is 11.3. The smallest absolute Gasteiger partial charge is 0.258 e. The Morgan fingerprint density at radius 3 is 2.91 bits per heavy atom. The summed E-state index contributed by atoms with van der Waals surface area (Å²) in [5.41, 5.74) is 3.59. The topological polar surface area (TPSA) is 86.9 Å². The lowest BCUT2D eigenvalue weighted by Crippen LogP contribution is -2.16. The molecule has 1 amide bonds. The van der Waals surface area contributed by atoms with Crippen LogP contribution in [0.15, 0.2) is 49.2 Å². The van der Waals surface area contributed by atoms with Crippen LogP contribution in [-0.4, -0.2) is 36.8 Å². The van der Waals surface area contributed by atoms with E-state index in [4.69, 9.17) is 4.74 Å². The van der Waals surface area contributed by atoms with Crippen LogP contribution in [-0.2, 0) is 0 Å². The number of ether oxygens (including phenoxy) is 1. The van der Waals surface area contributed by atoms with Crippen LogP contribution < -0.4 is 10.1 Å². The molecule has 1 atom stereocenters. The molecule has 0 unspecified atom stereocenters. The maximum Gasteiger partial charge on any atom is 0.258 e. The fourth-order valence-electron chi connectivity index (χ4n) is 4.37. The van der Waals surface area contributed by atoms with Crippen molar-refractivity contribution >= 4 is 11.6 Å². The zero-order valence-electron chi connectivity index (χ0n) is 18.8. The second-order valence-electron chi connectivity index (χ2n) is 8.96. The van der Waals surface area contributed by atoms with Crippen molar-refractivity contribution in [1.29, 1.82) is 0 Å². The highest BCUT2D eigenvalue weighted by Crippen LogP contribution is 2.40. The number of benzene rings is 2. The van der Waals surface area contributed by atoms with Crippen molar-refractivity contribution in [2.75, 3.05) is 11.9 Å². The molecule has 0 radical (unpaired) electrons. The fourth-order valence-corrected chi connectivity index (χ4v) is 4.37. The molecule has 1 N–H and O–H groups in total. The summed E-state index contributed by atoms with van der Waals surface area (Å²) in [4.78, 5) is 17.7.